The fourth-order valence-electron chi connectivity index (χ4n) is 1.11. The van der Waals surface area contributed by atoms with Gasteiger partial charge in [-0.25, -0.2) is 0 Å². The molecule has 84 valence electrons. The molecule has 1 rings (SSSR count). The normalized spacial score (nSPS) is 9.56. The maximum absolute atomic E-state index is 11.6. The van der Waals surface area contributed by atoms with Gasteiger partial charge < -0.3 is 5.32 Å². The number of nitriles is 1. The van der Waals surface area contributed by atoms with E-state index in [1.54, 1.807) is 18.2 Å². The molecule has 0 saturated heterocycles. The Morgan fingerprint density at radius 2 is 2.31 bits per heavy atom. The number of nitrogens with zero attached hydrogens (tertiary/aromatic N) is 1. The van der Waals surface area contributed by atoms with Crippen molar-refractivity contribution in [3.63, 3.8) is 0 Å². The molecule has 0 aromatic heterocycles. The molecule has 0 unspecified atom stereocenters. The van der Waals surface area contributed by atoms with Gasteiger partial charge in [0.25, 0.3) is 5.91 Å². The summed E-state index contributed by atoms with van der Waals surface area (Å²) < 4.78 is 0.693. The Morgan fingerprint density at radius 1 is 1.56 bits per heavy atom. The van der Waals surface area contributed by atoms with Crippen molar-refractivity contribution in [3.8, 4) is 6.07 Å². The molecule has 0 aliphatic carbocycles. The lowest BCUT2D eigenvalue weighted by molar-refractivity contribution is 0.0953. The Balaban J connectivity index is 2.53. The molecule has 1 N–H and O–H groups in total. The Morgan fingerprint density at radius 3 is 2.94 bits per heavy atom. The first-order valence-electron chi connectivity index (χ1n) is 4.75. The number of amides is 1. The highest BCUT2D eigenvalue weighted by Gasteiger charge is 2.06. The van der Waals surface area contributed by atoms with Crippen LogP contribution in [0.2, 0.25) is 5.02 Å². The van der Waals surface area contributed by atoms with E-state index in [-0.39, 0.29) is 5.91 Å². The molecule has 0 fully saturated rings. The number of hydrogen-bond acceptors (Lipinski definition) is 2. The number of hydrogen-bond donors (Lipinski definition) is 1. The van der Waals surface area contributed by atoms with Crippen LogP contribution in [0.3, 0.4) is 0 Å². The van der Waals surface area contributed by atoms with E-state index in [0.717, 1.165) is 0 Å². The molecule has 0 spiro atoms. The van der Waals surface area contributed by atoms with Crippen molar-refractivity contribution in [2.24, 2.45) is 0 Å². The number of benzene rings is 1. The van der Waals surface area contributed by atoms with Crippen molar-refractivity contribution in [1.29, 1.82) is 5.26 Å². The van der Waals surface area contributed by atoms with Gasteiger partial charge in [0.15, 0.2) is 0 Å². The van der Waals surface area contributed by atoms with E-state index < -0.39 is 0 Å². The van der Waals surface area contributed by atoms with Crippen molar-refractivity contribution in [1.82, 2.24) is 5.32 Å². The maximum Gasteiger partial charge on any atom is 0.251 e. The molecule has 0 atom stereocenters. The largest absolute Gasteiger partial charge is 0.352 e. The molecule has 1 aromatic rings. The molecular formula is C11H10BrClN2O. The van der Waals surface area contributed by atoms with Gasteiger partial charge in [-0.3, -0.25) is 4.79 Å². The molecule has 5 heteroatoms. The Labute approximate surface area is 108 Å². The van der Waals surface area contributed by atoms with E-state index >= 15 is 0 Å². The van der Waals surface area contributed by atoms with Crippen LogP contribution in [-0.2, 0) is 0 Å². The number of carbonyl (C=O) groups excluding carboxylic acids is 1. The smallest absolute Gasteiger partial charge is 0.251 e. The van der Waals surface area contributed by atoms with Crippen molar-refractivity contribution < 1.29 is 4.79 Å². The number of nitrogens with one attached hydrogen (secondary N) is 1. The number of carbonyl (C=O) groups is 1. The van der Waals surface area contributed by atoms with Crippen LogP contribution in [0.1, 0.15) is 23.2 Å². The third-order valence-electron chi connectivity index (χ3n) is 1.93. The van der Waals surface area contributed by atoms with Gasteiger partial charge >= 0.3 is 0 Å². The molecule has 0 saturated carbocycles. The lowest BCUT2D eigenvalue weighted by Gasteiger charge is -2.04. The summed E-state index contributed by atoms with van der Waals surface area (Å²) in [5.41, 5.74) is 0.549. The second-order valence-electron chi connectivity index (χ2n) is 3.15. The predicted octanol–water partition coefficient (Wildman–Crippen LogP) is 3.14. The third-order valence-corrected chi connectivity index (χ3v) is 3.15. The van der Waals surface area contributed by atoms with Gasteiger partial charge in [0.2, 0.25) is 0 Å². The zero-order chi connectivity index (χ0) is 12.0. The van der Waals surface area contributed by atoms with Gasteiger partial charge in [-0.2, -0.15) is 5.26 Å². The number of rotatable bonds is 4. The van der Waals surface area contributed by atoms with Crippen LogP contribution in [0.25, 0.3) is 0 Å². The topological polar surface area (TPSA) is 52.9 Å². The Hall–Kier alpha value is -1.05. The highest BCUT2D eigenvalue weighted by Crippen LogP contribution is 2.23. The molecule has 3 nitrogen and oxygen atoms in total. The van der Waals surface area contributed by atoms with Gasteiger partial charge in [-0.05, 0) is 40.5 Å². The average molecular weight is 302 g/mol. The Bertz CT molecular complexity index is 428. The molecule has 0 radical (unpaired) electrons. The summed E-state index contributed by atoms with van der Waals surface area (Å²) in [6.45, 7) is 0.507. The average Bonchev–Trinajstić information content (AvgIpc) is 2.28. The van der Waals surface area contributed by atoms with Crippen molar-refractivity contribution in [3.05, 3.63) is 33.3 Å². The van der Waals surface area contributed by atoms with Crippen LogP contribution < -0.4 is 5.32 Å². The van der Waals surface area contributed by atoms with Gasteiger partial charge in [-0.15, -0.1) is 0 Å². The third kappa shape index (κ3) is 3.84. The van der Waals surface area contributed by atoms with Crippen molar-refractivity contribution >= 4 is 33.4 Å². The van der Waals surface area contributed by atoms with Crippen LogP contribution in [-0.4, -0.2) is 12.5 Å². The van der Waals surface area contributed by atoms with Gasteiger partial charge in [0, 0.05) is 23.0 Å². The quantitative estimate of drug-likeness (QED) is 0.869. The van der Waals surface area contributed by atoms with Crippen LogP contribution in [0.5, 0.6) is 0 Å². The molecule has 1 amide bonds. The fourth-order valence-corrected chi connectivity index (χ4v) is 1.61. The van der Waals surface area contributed by atoms with Gasteiger partial charge in [0.05, 0.1) is 11.1 Å². The summed E-state index contributed by atoms with van der Waals surface area (Å²) in [4.78, 5) is 11.6. The van der Waals surface area contributed by atoms with E-state index in [1.807, 2.05) is 6.07 Å². The minimum Gasteiger partial charge on any atom is -0.352 e. The summed E-state index contributed by atoms with van der Waals surface area (Å²) in [6.07, 6.45) is 1.11. The molecule has 0 bridgehead atoms. The van der Waals surface area contributed by atoms with E-state index in [4.69, 9.17) is 16.9 Å². The summed E-state index contributed by atoms with van der Waals surface area (Å²) in [5.74, 6) is -0.157. The zero-order valence-corrected chi connectivity index (χ0v) is 10.8. The summed E-state index contributed by atoms with van der Waals surface area (Å²) in [7, 11) is 0. The Kier molecular flexibility index (Phi) is 5.30. The SMILES string of the molecule is N#CCCCNC(=O)c1ccc(Cl)c(Br)c1. The maximum atomic E-state index is 11.6. The first-order valence-corrected chi connectivity index (χ1v) is 5.92. The second kappa shape index (κ2) is 6.51. The van der Waals surface area contributed by atoms with Crippen LogP contribution in [0.15, 0.2) is 22.7 Å². The predicted molar refractivity (Wildman–Crippen MR) is 66.3 cm³/mol. The van der Waals surface area contributed by atoms with Gasteiger partial charge in [-0.1, -0.05) is 11.6 Å². The number of unbranched alkanes of at least 4 members (excludes halogenated alkanes) is 1. The molecule has 0 heterocycles. The highest BCUT2D eigenvalue weighted by molar-refractivity contribution is 9.10. The van der Waals surface area contributed by atoms with E-state index in [1.165, 1.54) is 0 Å². The molecule has 0 aliphatic rings. The number of halogens is 2. The summed E-state index contributed by atoms with van der Waals surface area (Å²) in [5, 5.41) is 11.6. The fraction of sp³-hybridized carbons (Fsp3) is 0.273. The molecular weight excluding hydrogens is 291 g/mol. The minimum atomic E-state index is -0.157. The van der Waals surface area contributed by atoms with Gasteiger partial charge in [0.1, 0.15) is 0 Å². The first kappa shape index (κ1) is 13.0. The summed E-state index contributed by atoms with van der Waals surface area (Å²) in [6, 6.07) is 7.01. The van der Waals surface area contributed by atoms with E-state index in [2.05, 4.69) is 21.2 Å². The van der Waals surface area contributed by atoms with E-state index in [0.29, 0.717) is 34.4 Å². The lowest BCUT2D eigenvalue weighted by Crippen LogP contribution is -2.24. The van der Waals surface area contributed by atoms with Crippen LogP contribution in [0.4, 0.5) is 0 Å². The molecule has 1 aromatic carbocycles. The van der Waals surface area contributed by atoms with Crippen LogP contribution in [0, 0.1) is 11.3 Å². The first-order chi connectivity index (χ1) is 7.65. The monoisotopic (exact) mass is 300 g/mol. The lowest BCUT2D eigenvalue weighted by atomic mass is 10.2. The second-order valence-corrected chi connectivity index (χ2v) is 4.41. The van der Waals surface area contributed by atoms with Crippen molar-refractivity contribution in [2.75, 3.05) is 6.54 Å². The molecule has 16 heavy (non-hydrogen) atoms. The zero-order valence-electron chi connectivity index (χ0n) is 8.46. The summed E-state index contributed by atoms with van der Waals surface area (Å²) >= 11 is 9.07. The van der Waals surface area contributed by atoms with Crippen molar-refractivity contribution in [2.45, 2.75) is 12.8 Å². The standard InChI is InChI=1S/C11H10BrClN2O/c12-9-7-8(3-4-10(9)13)11(16)15-6-2-1-5-14/h3-4,7H,1-2,6H2,(H,15,16). The van der Waals surface area contributed by atoms with Crippen LogP contribution >= 0.6 is 27.5 Å². The highest BCUT2D eigenvalue weighted by atomic mass is 79.9. The molecule has 0 aliphatic heterocycles. The minimum absolute atomic E-state index is 0.157. The van der Waals surface area contributed by atoms with E-state index in [9.17, 15) is 4.79 Å².